The van der Waals surface area contributed by atoms with Crippen LogP contribution in [0.4, 0.5) is 0 Å². The summed E-state index contributed by atoms with van der Waals surface area (Å²) in [7, 11) is 3.42. The van der Waals surface area contributed by atoms with Gasteiger partial charge in [-0.3, -0.25) is 4.98 Å². The molecule has 0 radical (unpaired) electrons. The first-order valence-electron chi connectivity index (χ1n) is 9.28. The molecule has 0 spiro atoms. The van der Waals surface area contributed by atoms with Gasteiger partial charge in [0, 0.05) is 17.5 Å². The van der Waals surface area contributed by atoms with Crippen LogP contribution in [0.2, 0.25) is 0 Å². The van der Waals surface area contributed by atoms with Crippen LogP contribution in [0.15, 0.2) is 42.6 Å². The molecule has 3 heteroatoms. The monoisotopic (exact) mass is 361 g/mol. The summed E-state index contributed by atoms with van der Waals surface area (Å²) in [6.45, 7) is 8.41. The number of rotatable bonds is 5. The third kappa shape index (κ3) is 3.55. The molecule has 0 bridgehead atoms. The zero-order valence-corrected chi connectivity index (χ0v) is 17.0. The molecule has 0 saturated heterocycles. The van der Waals surface area contributed by atoms with Gasteiger partial charge in [-0.1, -0.05) is 19.1 Å². The lowest BCUT2D eigenvalue weighted by molar-refractivity contribution is 0.411. The largest absolute Gasteiger partial charge is 0.496 e. The average Bonchev–Trinajstić information content (AvgIpc) is 2.67. The van der Waals surface area contributed by atoms with Crippen molar-refractivity contribution in [1.29, 1.82) is 0 Å². The van der Waals surface area contributed by atoms with Gasteiger partial charge in [0.2, 0.25) is 0 Å². The van der Waals surface area contributed by atoms with E-state index in [1.807, 2.05) is 18.3 Å². The molecule has 3 nitrogen and oxygen atoms in total. The molecule has 0 aliphatic carbocycles. The normalized spacial score (nSPS) is 10.7. The summed E-state index contributed by atoms with van der Waals surface area (Å²) < 4.78 is 10.9. The van der Waals surface area contributed by atoms with Crippen molar-refractivity contribution in [3.8, 4) is 33.8 Å². The van der Waals surface area contributed by atoms with Gasteiger partial charge in [-0.2, -0.15) is 0 Å². The van der Waals surface area contributed by atoms with Crippen LogP contribution in [0.3, 0.4) is 0 Å². The summed E-state index contributed by atoms with van der Waals surface area (Å²) in [6, 6.07) is 12.7. The Morgan fingerprint density at radius 1 is 0.778 bits per heavy atom. The molecule has 1 heterocycles. The van der Waals surface area contributed by atoms with E-state index in [1.165, 1.54) is 22.3 Å². The number of pyridine rings is 1. The second kappa shape index (κ2) is 7.83. The molecular weight excluding hydrogens is 334 g/mol. The van der Waals surface area contributed by atoms with Crippen molar-refractivity contribution in [2.45, 2.75) is 34.1 Å². The number of aromatic nitrogens is 1. The van der Waals surface area contributed by atoms with E-state index in [9.17, 15) is 0 Å². The predicted molar refractivity (Wildman–Crippen MR) is 112 cm³/mol. The van der Waals surface area contributed by atoms with Gasteiger partial charge in [0.25, 0.3) is 0 Å². The van der Waals surface area contributed by atoms with E-state index >= 15 is 0 Å². The fourth-order valence-corrected chi connectivity index (χ4v) is 3.66. The third-order valence-electron chi connectivity index (χ3n) is 5.09. The minimum Gasteiger partial charge on any atom is -0.496 e. The van der Waals surface area contributed by atoms with E-state index < -0.39 is 0 Å². The lowest BCUT2D eigenvalue weighted by Gasteiger charge is -2.19. The first-order chi connectivity index (χ1) is 13.0. The van der Waals surface area contributed by atoms with Crippen LogP contribution in [0.1, 0.15) is 29.3 Å². The van der Waals surface area contributed by atoms with Crippen molar-refractivity contribution in [3.63, 3.8) is 0 Å². The summed E-state index contributed by atoms with van der Waals surface area (Å²) in [6.07, 6.45) is 2.93. The molecule has 140 valence electrons. The van der Waals surface area contributed by atoms with Crippen LogP contribution in [0.25, 0.3) is 22.3 Å². The Morgan fingerprint density at radius 3 is 1.74 bits per heavy atom. The van der Waals surface area contributed by atoms with Crippen LogP contribution >= 0.6 is 0 Å². The Labute approximate surface area is 162 Å². The molecule has 0 amide bonds. The van der Waals surface area contributed by atoms with Gasteiger partial charge in [0.05, 0.1) is 14.2 Å². The topological polar surface area (TPSA) is 31.4 Å². The highest BCUT2D eigenvalue weighted by atomic mass is 16.5. The average molecular weight is 361 g/mol. The fourth-order valence-electron chi connectivity index (χ4n) is 3.66. The first kappa shape index (κ1) is 19.0. The van der Waals surface area contributed by atoms with Crippen molar-refractivity contribution in [2.24, 2.45) is 0 Å². The van der Waals surface area contributed by atoms with Gasteiger partial charge in [-0.05, 0) is 84.8 Å². The lowest BCUT2D eigenvalue weighted by Crippen LogP contribution is -1.99. The molecule has 2 aromatic carbocycles. The number of hydrogen-bond donors (Lipinski definition) is 0. The maximum atomic E-state index is 5.45. The Balaban J connectivity index is 2.29. The maximum absolute atomic E-state index is 5.45. The highest BCUT2D eigenvalue weighted by Gasteiger charge is 2.17. The number of ether oxygens (including phenoxy) is 2. The molecule has 0 N–H and O–H groups in total. The van der Waals surface area contributed by atoms with Crippen LogP contribution in [0, 0.1) is 20.8 Å². The van der Waals surface area contributed by atoms with Crippen molar-refractivity contribution in [3.05, 3.63) is 65.0 Å². The van der Waals surface area contributed by atoms with Crippen molar-refractivity contribution in [1.82, 2.24) is 4.98 Å². The third-order valence-corrected chi connectivity index (χ3v) is 5.09. The van der Waals surface area contributed by atoms with Crippen LogP contribution < -0.4 is 9.47 Å². The zero-order valence-electron chi connectivity index (χ0n) is 17.0. The molecule has 0 saturated carbocycles. The molecule has 0 fully saturated rings. The van der Waals surface area contributed by atoms with Crippen LogP contribution in [-0.2, 0) is 6.42 Å². The van der Waals surface area contributed by atoms with Gasteiger partial charge in [0.15, 0.2) is 0 Å². The molecule has 0 unspecified atom stereocenters. The van der Waals surface area contributed by atoms with E-state index in [0.717, 1.165) is 40.3 Å². The van der Waals surface area contributed by atoms with Crippen LogP contribution in [0.5, 0.6) is 11.5 Å². The van der Waals surface area contributed by atoms with Gasteiger partial charge in [-0.25, -0.2) is 0 Å². The molecule has 0 aliphatic heterocycles. The fraction of sp³-hybridized carbons (Fsp3) is 0.292. The number of hydrogen-bond acceptors (Lipinski definition) is 3. The molecule has 3 aromatic rings. The van der Waals surface area contributed by atoms with Gasteiger partial charge in [-0.15, -0.1) is 0 Å². The Hall–Kier alpha value is -2.81. The van der Waals surface area contributed by atoms with E-state index in [0.29, 0.717) is 0 Å². The molecule has 0 aliphatic rings. The summed E-state index contributed by atoms with van der Waals surface area (Å²) in [4.78, 5) is 4.68. The molecule has 3 rings (SSSR count). The van der Waals surface area contributed by atoms with E-state index in [-0.39, 0.29) is 0 Å². The van der Waals surface area contributed by atoms with E-state index in [4.69, 9.17) is 9.47 Å². The predicted octanol–water partition coefficient (Wildman–Crippen LogP) is 5.92. The second-order valence-electron chi connectivity index (χ2n) is 6.84. The molecule has 27 heavy (non-hydrogen) atoms. The van der Waals surface area contributed by atoms with Crippen LogP contribution in [-0.4, -0.2) is 19.2 Å². The molecule has 1 aromatic heterocycles. The lowest BCUT2D eigenvalue weighted by atomic mass is 9.88. The van der Waals surface area contributed by atoms with Crippen molar-refractivity contribution >= 4 is 0 Å². The zero-order chi connectivity index (χ0) is 19.6. The first-order valence-corrected chi connectivity index (χ1v) is 9.28. The van der Waals surface area contributed by atoms with Gasteiger partial charge >= 0.3 is 0 Å². The quantitative estimate of drug-likeness (QED) is 0.565. The standard InChI is InChI=1S/C24H27NO2/c1-7-18-14-25-17(4)23(19-8-10-21(26-5)15(2)12-19)24(18)20-9-11-22(27-6)16(3)13-20/h8-14H,7H2,1-6H3. The SMILES string of the molecule is CCc1cnc(C)c(-c2ccc(OC)c(C)c2)c1-c1ccc(OC)c(C)c1. The van der Waals surface area contributed by atoms with E-state index in [2.05, 4.69) is 56.9 Å². The highest BCUT2D eigenvalue weighted by Crippen LogP contribution is 2.39. The second-order valence-corrected chi connectivity index (χ2v) is 6.84. The van der Waals surface area contributed by atoms with E-state index in [1.54, 1.807) is 14.2 Å². The minimum atomic E-state index is 0.901. The Morgan fingerprint density at radius 2 is 1.30 bits per heavy atom. The number of benzene rings is 2. The highest BCUT2D eigenvalue weighted by molar-refractivity contribution is 5.87. The maximum Gasteiger partial charge on any atom is 0.121 e. The Kier molecular flexibility index (Phi) is 5.50. The number of aryl methyl sites for hydroxylation is 4. The minimum absolute atomic E-state index is 0.901. The number of methoxy groups -OCH3 is 2. The van der Waals surface area contributed by atoms with Gasteiger partial charge < -0.3 is 9.47 Å². The van der Waals surface area contributed by atoms with Crippen molar-refractivity contribution in [2.75, 3.05) is 14.2 Å². The number of nitrogens with zero attached hydrogens (tertiary/aromatic N) is 1. The van der Waals surface area contributed by atoms with Crippen molar-refractivity contribution < 1.29 is 9.47 Å². The summed E-state index contributed by atoms with van der Waals surface area (Å²) in [5, 5.41) is 0. The summed E-state index contributed by atoms with van der Waals surface area (Å²) in [5.74, 6) is 1.81. The Bertz CT molecular complexity index is 976. The smallest absolute Gasteiger partial charge is 0.121 e. The summed E-state index contributed by atoms with van der Waals surface area (Å²) in [5.41, 5.74) is 9.31. The molecular formula is C24H27NO2. The molecule has 0 atom stereocenters. The summed E-state index contributed by atoms with van der Waals surface area (Å²) >= 11 is 0. The van der Waals surface area contributed by atoms with Gasteiger partial charge in [0.1, 0.15) is 11.5 Å².